The Kier molecular flexibility index (Phi) is 45.3. The van der Waals surface area contributed by atoms with E-state index in [0.717, 1.165) is 70.6 Å². The van der Waals surface area contributed by atoms with E-state index in [9.17, 15) is 29.3 Å². The van der Waals surface area contributed by atoms with Crippen LogP contribution in [0.3, 0.4) is 0 Å². The molecule has 0 aromatic carbocycles. The lowest BCUT2D eigenvalue weighted by Gasteiger charge is -2.20. The highest BCUT2D eigenvalue weighted by molar-refractivity contribution is 7.47. The Hall–Kier alpha value is -2.07. The van der Waals surface area contributed by atoms with Crippen molar-refractivity contribution in [2.45, 2.75) is 238 Å². The summed E-state index contributed by atoms with van der Waals surface area (Å²) in [5.41, 5.74) is 0. The van der Waals surface area contributed by atoms with Crippen molar-refractivity contribution in [3.05, 3.63) is 48.6 Å². The molecule has 10 nitrogen and oxygen atoms in total. The fourth-order valence-electron chi connectivity index (χ4n) is 6.99. The number of unbranched alkanes of at least 4 members (excludes halogenated alkanes) is 25. The highest BCUT2D eigenvalue weighted by atomic mass is 31.2. The number of phosphoric ester groups is 1. The molecule has 0 bridgehead atoms. The van der Waals surface area contributed by atoms with E-state index in [1.54, 1.807) is 0 Å². The van der Waals surface area contributed by atoms with Crippen LogP contribution in [0.2, 0.25) is 0 Å². The summed E-state index contributed by atoms with van der Waals surface area (Å²) in [6.45, 7) is 2.10. The molecule has 0 aromatic rings. The van der Waals surface area contributed by atoms with Crippen LogP contribution >= 0.6 is 7.82 Å². The van der Waals surface area contributed by atoms with Crippen molar-refractivity contribution in [2.75, 3.05) is 26.4 Å². The third-order valence-corrected chi connectivity index (χ3v) is 11.8. The first-order valence-electron chi connectivity index (χ1n) is 25.1. The van der Waals surface area contributed by atoms with Crippen LogP contribution in [0, 0.1) is 0 Å². The SMILES string of the molecule is CC/C=C\C/C=C\C/C=C\C/C=C\CCCCCCC(=O)OC(CO)COP(=O)(O)OCC(CO)OC(=O)CCCCCCCCCCCCCCCCCCCCCCCC. The van der Waals surface area contributed by atoms with E-state index in [1.165, 1.54) is 116 Å². The van der Waals surface area contributed by atoms with Gasteiger partial charge in [-0.2, -0.15) is 0 Å². The van der Waals surface area contributed by atoms with Crippen LogP contribution in [-0.2, 0) is 32.7 Å². The summed E-state index contributed by atoms with van der Waals surface area (Å²) >= 11 is 0. The first kappa shape index (κ1) is 59.9. The van der Waals surface area contributed by atoms with E-state index in [1.807, 2.05) is 0 Å². The molecule has 3 unspecified atom stereocenters. The molecule has 0 rings (SSSR count). The van der Waals surface area contributed by atoms with E-state index in [4.69, 9.17) is 18.5 Å². The van der Waals surface area contributed by atoms with Crippen molar-refractivity contribution >= 4 is 19.8 Å². The van der Waals surface area contributed by atoms with E-state index >= 15 is 0 Å². The smallest absolute Gasteiger partial charge is 0.457 e. The Morgan fingerprint density at radius 3 is 1.10 bits per heavy atom. The minimum Gasteiger partial charge on any atom is -0.457 e. The lowest BCUT2D eigenvalue weighted by atomic mass is 10.0. The van der Waals surface area contributed by atoms with Gasteiger partial charge in [0.2, 0.25) is 0 Å². The van der Waals surface area contributed by atoms with Gasteiger partial charge in [0.05, 0.1) is 26.4 Å². The molecule has 62 heavy (non-hydrogen) atoms. The molecule has 0 saturated carbocycles. The van der Waals surface area contributed by atoms with Gasteiger partial charge in [-0.05, 0) is 51.4 Å². The van der Waals surface area contributed by atoms with Crippen molar-refractivity contribution in [2.24, 2.45) is 0 Å². The van der Waals surface area contributed by atoms with Gasteiger partial charge in [-0.15, -0.1) is 0 Å². The zero-order valence-corrected chi connectivity index (χ0v) is 40.5. The number of aliphatic hydroxyl groups excluding tert-OH is 2. The molecule has 0 aliphatic heterocycles. The number of esters is 2. The molecule has 3 N–H and O–H groups in total. The van der Waals surface area contributed by atoms with Crippen LogP contribution in [0.5, 0.6) is 0 Å². The Labute approximate surface area is 379 Å². The van der Waals surface area contributed by atoms with Gasteiger partial charge in [-0.25, -0.2) is 4.57 Å². The predicted octanol–water partition coefficient (Wildman–Crippen LogP) is 14.1. The maximum Gasteiger partial charge on any atom is 0.472 e. The first-order chi connectivity index (χ1) is 30.3. The molecular formula is C51H93O10P. The number of carbonyl (C=O) groups excluding carboxylic acids is 2. The molecule has 0 amide bonds. The second kappa shape index (κ2) is 46.9. The van der Waals surface area contributed by atoms with Crippen molar-refractivity contribution in [1.82, 2.24) is 0 Å². The Morgan fingerprint density at radius 1 is 0.452 bits per heavy atom. The number of hydrogen-bond acceptors (Lipinski definition) is 9. The average Bonchev–Trinajstić information content (AvgIpc) is 3.26. The molecule has 0 aromatic heterocycles. The Balaban J connectivity index is 3.85. The summed E-state index contributed by atoms with van der Waals surface area (Å²) < 4.78 is 32.7. The van der Waals surface area contributed by atoms with Gasteiger partial charge in [-0.1, -0.05) is 210 Å². The Morgan fingerprint density at radius 2 is 0.758 bits per heavy atom. The third kappa shape index (κ3) is 44.5. The van der Waals surface area contributed by atoms with Crippen LogP contribution in [0.15, 0.2) is 48.6 Å². The standard InChI is InChI=1S/C51H93O10P/c1-3-5-7-9-11-13-15-17-19-21-22-23-24-25-27-29-31-33-35-37-39-41-43-51(55)61-49(45-53)47-59-62(56,57)58-46-48(44-52)60-50(54)42-40-38-36-34-32-30-28-26-20-18-16-14-12-10-8-6-4-2/h6,8,12,14,18,20,28,30,48-49,52-53H,3-5,7,9-11,13,15-17,19,21-27,29,31-47H2,1-2H3,(H,56,57)/b8-6-,14-12-,20-18-,30-28-. The van der Waals surface area contributed by atoms with E-state index < -0.39 is 58.4 Å². The molecule has 0 fully saturated rings. The largest absolute Gasteiger partial charge is 0.472 e. The normalized spacial score (nSPS) is 14.1. The monoisotopic (exact) mass is 897 g/mol. The zero-order valence-electron chi connectivity index (χ0n) is 39.6. The number of carbonyl (C=O) groups is 2. The molecule has 362 valence electrons. The number of ether oxygens (including phenoxy) is 2. The first-order valence-corrected chi connectivity index (χ1v) is 26.6. The predicted molar refractivity (Wildman–Crippen MR) is 256 cm³/mol. The van der Waals surface area contributed by atoms with Gasteiger partial charge < -0.3 is 24.6 Å². The second-order valence-corrected chi connectivity index (χ2v) is 18.2. The summed E-state index contributed by atoms with van der Waals surface area (Å²) in [6, 6.07) is 0. The lowest BCUT2D eigenvalue weighted by molar-refractivity contribution is -0.153. The number of hydrogen-bond donors (Lipinski definition) is 3. The molecular weight excluding hydrogens is 804 g/mol. The zero-order chi connectivity index (χ0) is 45.5. The van der Waals surface area contributed by atoms with Crippen molar-refractivity contribution in [3.63, 3.8) is 0 Å². The maximum absolute atomic E-state index is 12.4. The quantitative estimate of drug-likeness (QED) is 0.0233. The van der Waals surface area contributed by atoms with Crippen LogP contribution < -0.4 is 0 Å². The lowest BCUT2D eigenvalue weighted by Crippen LogP contribution is -2.28. The maximum atomic E-state index is 12.4. The molecule has 3 atom stereocenters. The van der Waals surface area contributed by atoms with Crippen LogP contribution in [-0.4, -0.2) is 65.7 Å². The number of phosphoric acid groups is 1. The molecule has 0 heterocycles. The number of rotatable bonds is 47. The summed E-state index contributed by atoms with van der Waals surface area (Å²) in [4.78, 5) is 34.6. The highest BCUT2D eigenvalue weighted by Gasteiger charge is 2.27. The van der Waals surface area contributed by atoms with Crippen LogP contribution in [0.4, 0.5) is 0 Å². The molecule has 0 aliphatic rings. The summed E-state index contributed by atoms with van der Waals surface area (Å²) in [6.07, 6.45) is 52.3. The third-order valence-electron chi connectivity index (χ3n) is 10.8. The van der Waals surface area contributed by atoms with Crippen LogP contribution in [0.25, 0.3) is 0 Å². The van der Waals surface area contributed by atoms with Gasteiger partial charge in [0.25, 0.3) is 0 Å². The number of aliphatic hydroxyl groups is 2. The molecule has 0 aliphatic carbocycles. The van der Waals surface area contributed by atoms with E-state index in [2.05, 4.69) is 62.5 Å². The van der Waals surface area contributed by atoms with Crippen LogP contribution in [0.1, 0.15) is 226 Å². The molecule has 11 heteroatoms. The van der Waals surface area contributed by atoms with E-state index in [-0.39, 0.29) is 12.8 Å². The molecule has 0 saturated heterocycles. The topological polar surface area (TPSA) is 149 Å². The number of allylic oxidation sites excluding steroid dienone is 8. The van der Waals surface area contributed by atoms with Gasteiger partial charge in [-0.3, -0.25) is 18.6 Å². The minimum atomic E-state index is -4.65. The second-order valence-electron chi connectivity index (χ2n) is 16.8. The van der Waals surface area contributed by atoms with Gasteiger partial charge in [0.15, 0.2) is 0 Å². The average molecular weight is 897 g/mol. The van der Waals surface area contributed by atoms with Gasteiger partial charge in [0, 0.05) is 12.8 Å². The molecule has 0 radical (unpaired) electrons. The minimum absolute atomic E-state index is 0.164. The fourth-order valence-corrected chi connectivity index (χ4v) is 7.77. The summed E-state index contributed by atoms with van der Waals surface area (Å²) in [5, 5.41) is 19.2. The van der Waals surface area contributed by atoms with Gasteiger partial charge in [0.1, 0.15) is 12.2 Å². The van der Waals surface area contributed by atoms with Gasteiger partial charge >= 0.3 is 19.8 Å². The Bertz CT molecular complexity index is 1170. The summed E-state index contributed by atoms with van der Waals surface area (Å²) in [5.74, 6) is -1.04. The van der Waals surface area contributed by atoms with Crippen molar-refractivity contribution < 1.29 is 47.8 Å². The van der Waals surface area contributed by atoms with E-state index in [0.29, 0.717) is 12.8 Å². The van der Waals surface area contributed by atoms with Crippen molar-refractivity contribution in [3.8, 4) is 0 Å². The fraction of sp³-hybridized carbons (Fsp3) is 0.804. The summed E-state index contributed by atoms with van der Waals surface area (Å²) in [7, 11) is -4.65. The molecule has 0 spiro atoms. The highest BCUT2D eigenvalue weighted by Crippen LogP contribution is 2.43. The van der Waals surface area contributed by atoms with Crippen molar-refractivity contribution in [1.29, 1.82) is 0 Å².